The molecule has 0 amide bonds. The van der Waals surface area contributed by atoms with Crippen LogP contribution in [0.2, 0.25) is 0 Å². The number of piperidine rings is 1. The Morgan fingerprint density at radius 1 is 1.38 bits per heavy atom. The lowest BCUT2D eigenvalue weighted by Gasteiger charge is -2.22. The highest BCUT2D eigenvalue weighted by Crippen LogP contribution is 2.12. The minimum Gasteiger partial charge on any atom is -0.373 e. The molecule has 1 aromatic heterocycles. The lowest BCUT2D eigenvalue weighted by molar-refractivity contribution is 0.0211. The summed E-state index contributed by atoms with van der Waals surface area (Å²) in [6, 6.07) is 3.99. The molecule has 0 atom stereocenters. The Morgan fingerprint density at radius 3 is 2.75 bits per heavy atom. The molecule has 2 rings (SSSR count). The normalized spacial score (nSPS) is 16.8. The molecule has 1 aliphatic rings. The second-order valence-corrected chi connectivity index (χ2v) is 4.56. The molecule has 90 valence electrons. The van der Waals surface area contributed by atoms with Gasteiger partial charge in [-0.15, -0.1) is 12.4 Å². The highest BCUT2D eigenvalue weighted by molar-refractivity contribution is 9.10. The molecule has 3 nitrogen and oxygen atoms in total. The van der Waals surface area contributed by atoms with Crippen LogP contribution < -0.4 is 5.32 Å². The number of aromatic nitrogens is 1. The number of hydrogen-bond acceptors (Lipinski definition) is 3. The number of halogens is 2. The molecule has 0 aliphatic carbocycles. The van der Waals surface area contributed by atoms with E-state index in [0.29, 0.717) is 12.7 Å². The van der Waals surface area contributed by atoms with Gasteiger partial charge in [-0.25, -0.2) is 4.98 Å². The van der Waals surface area contributed by atoms with Crippen molar-refractivity contribution in [1.82, 2.24) is 10.3 Å². The summed E-state index contributed by atoms with van der Waals surface area (Å²) < 4.78 is 6.68. The summed E-state index contributed by atoms with van der Waals surface area (Å²) in [5.74, 6) is 0. The van der Waals surface area contributed by atoms with Crippen molar-refractivity contribution < 1.29 is 4.74 Å². The van der Waals surface area contributed by atoms with Crippen molar-refractivity contribution >= 4 is 28.3 Å². The Hall–Kier alpha value is -0.160. The molecule has 0 unspecified atom stereocenters. The summed E-state index contributed by atoms with van der Waals surface area (Å²) in [5.41, 5.74) is 1.14. The fourth-order valence-electron chi connectivity index (χ4n) is 1.67. The van der Waals surface area contributed by atoms with Crippen LogP contribution in [0.3, 0.4) is 0 Å². The van der Waals surface area contributed by atoms with Gasteiger partial charge >= 0.3 is 0 Å². The Balaban J connectivity index is 0.00000128. The SMILES string of the molecule is Brc1ccc(COC2CCNCC2)cn1.Cl. The first-order chi connectivity index (χ1) is 7.34. The van der Waals surface area contributed by atoms with E-state index in [9.17, 15) is 0 Å². The first kappa shape index (κ1) is 13.9. The van der Waals surface area contributed by atoms with Crippen molar-refractivity contribution in [2.75, 3.05) is 13.1 Å². The van der Waals surface area contributed by atoms with Crippen molar-refractivity contribution in [3.8, 4) is 0 Å². The number of nitrogens with one attached hydrogen (secondary N) is 1. The number of rotatable bonds is 3. The largest absolute Gasteiger partial charge is 0.373 e. The van der Waals surface area contributed by atoms with Crippen molar-refractivity contribution in [2.45, 2.75) is 25.6 Å². The predicted octanol–water partition coefficient (Wildman–Crippen LogP) is 2.53. The Labute approximate surface area is 111 Å². The Morgan fingerprint density at radius 2 is 2.12 bits per heavy atom. The van der Waals surface area contributed by atoms with Crippen LogP contribution in [0.4, 0.5) is 0 Å². The molecule has 0 saturated carbocycles. The average Bonchev–Trinajstić information content (AvgIpc) is 2.30. The van der Waals surface area contributed by atoms with Gasteiger partial charge in [0.05, 0.1) is 12.7 Å². The van der Waals surface area contributed by atoms with Crippen LogP contribution in [0.1, 0.15) is 18.4 Å². The second kappa shape index (κ2) is 7.22. The van der Waals surface area contributed by atoms with Gasteiger partial charge in [0.1, 0.15) is 4.60 Å². The summed E-state index contributed by atoms with van der Waals surface area (Å²) in [4.78, 5) is 4.17. The zero-order chi connectivity index (χ0) is 10.5. The lowest BCUT2D eigenvalue weighted by Crippen LogP contribution is -2.32. The van der Waals surface area contributed by atoms with Gasteiger partial charge in [-0.05, 0) is 53.5 Å². The highest BCUT2D eigenvalue weighted by Gasteiger charge is 2.12. The highest BCUT2D eigenvalue weighted by atomic mass is 79.9. The molecule has 1 fully saturated rings. The first-order valence-corrected chi connectivity index (χ1v) is 6.06. The van der Waals surface area contributed by atoms with Gasteiger partial charge in [0.2, 0.25) is 0 Å². The van der Waals surface area contributed by atoms with E-state index in [1.807, 2.05) is 18.3 Å². The van der Waals surface area contributed by atoms with Crippen LogP contribution in [0.15, 0.2) is 22.9 Å². The van der Waals surface area contributed by atoms with E-state index in [1.165, 1.54) is 0 Å². The van der Waals surface area contributed by atoms with Gasteiger partial charge in [-0.3, -0.25) is 0 Å². The quantitative estimate of drug-likeness (QED) is 0.872. The number of nitrogens with zero attached hydrogens (tertiary/aromatic N) is 1. The van der Waals surface area contributed by atoms with E-state index in [4.69, 9.17) is 4.74 Å². The summed E-state index contributed by atoms with van der Waals surface area (Å²) >= 11 is 3.31. The molecule has 1 aromatic rings. The first-order valence-electron chi connectivity index (χ1n) is 5.27. The maximum absolute atomic E-state index is 5.81. The van der Waals surface area contributed by atoms with Crippen LogP contribution in [-0.2, 0) is 11.3 Å². The second-order valence-electron chi connectivity index (χ2n) is 3.75. The minimum atomic E-state index is 0. The monoisotopic (exact) mass is 306 g/mol. The lowest BCUT2D eigenvalue weighted by atomic mass is 10.1. The number of hydrogen-bond donors (Lipinski definition) is 1. The molecule has 2 heterocycles. The Kier molecular flexibility index (Phi) is 6.28. The van der Waals surface area contributed by atoms with E-state index in [0.717, 1.165) is 36.1 Å². The van der Waals surface area contributed by atoms with Gasteiger partial charge < -0.3 is 10.1 Å². The van der Waals surface area contributed by atoms with Gasteiger partial charge in [0, 0.05) is 6.20 Å². The third-order valence-electron chi connectivity index (χ3n) is 2.56. The van der Waals surface area contributed by atoms with Gasteiger partial charge in [-0.2, -0.15) is 0 Å². The standard InChI is InChI=1S/C11H15BrN2O.ClH/c12-11-2-1-9(7-14-11)8-15-10-3-5-13-6-4-10;/h1-2,7,10,13H,3-6,8H2;1H. The third kappa shape index (κ3) is 4.37. The zero-order valence-corrected chi connectivity index (χ0v) is 11.4. The molecule has 16 heavy (non-hydrogen) atoms. The van der Waals surface area contributed by atoms with E-state index in [2.05, 4.69) is 26.2 Å². The van der Waals surface area contributed by atoms with Gasteiger partial charge in [-0.1, -0.05) is 6.07 Å². The molecule has 1 saturated heterocycles. The summed E-state index contributed by atoms with van der Waals surface area (Å²) in [5, 5.41) is 3.32. The third-order valence-corrected chi connectivity index (χ3v) is 3.03. The molecule has 0 radical (unpaired) electrons. The van der Waals surface area contributed by atoms with E-state index in [1.54, 1.807) is 0 Å². The average molecular weight is 308 g/mol. The maximum atomic E-state index is 5.81. The van der Waals surface area contributed by atoms with Crippen LogP contribution in [0.5, 0.6) is 0 Å². The zero-order valence-electron chi connectivity index (χ0n) is 8.99. The van der Waals surface area contributed by atoms with Crippen LogP contribution in [-0.4, -0.2) is 24.2 Å². The summed E-state index contributed by atoms with van der Waals surface area (Å²) in [7, 11) is 0. The van der Waals surface area contributed by atoms with Crippen LogP contribution >= 0.6 is 28.3 Å². The molecule has 0 spiro atoms. The molecule has 1 aliphatic heterocycles. The molecular weight excluding hydrogens is 291 g/mol. The van der Waals surface area contributed by atoms with Crippen molar-refractivity contribution in [3.63, 3.8) is 0 Å². The van der Waals surface area contributed by atoms with Crippen LogP contribution in [0, 0.1) is 0 Å². The Bertz CT molecular complexity index is 301. The minimum absolute atomic E-state index is 0. The molecule has 0 bridgehead atoms. The van der Waals surface area contributed by atoms with E-state index < -0.39 is 0 Å². The topological polar surface area (TPSA) is 34.1 Å². The van der Waals surface area contributed by atoms with Crippen LogP contribution in [0.25, 0.3) is 0 Å². The summed E-state index contributed by atoms with van der Waals surface area (Å²) in [6.45, 7) is 2.82. The number of pyridine rings is 1. The molecular formula is C11H16BrClN2O. The van der Waals surface area contributed by atoms with Crippen molar-refractivity contribution in [3.05, 3.63) is 28.5 Å². The van der Waals surface area contributed by atoms with Crippen molar-refractivity contribution in [2.24, 2.45) is 0 Å². The predicted molar refractivity (Wildman–Crippen MR) is 69.9 cm³/mol. The van der Waals surface area contributed by atoms with E-state index >= 15 is 0 Å². The maximum Gasteiger partial charge on any atom is 0.106 e. The fourth-order valence-corrected chi connectivity index (χ4v) is 1.90. The summed E-state index contributed by atoms with van der Waals surface area (Å²) in [6.07, 6.45) is 4.49. The number of ether oxygens (including phenoxy) is 1. The molecule has 0 aromatic carbocycles. The fraction of sp³-hybridized carbons (Fsp3) is 0.545. The molecule has 1 N–H and O–H groups in total. The van der Waals surface area contributed by atoms with Crippen molar-refractivity contribution in [1.29, 1.82) is 0 Å². The van der Waals surface area contributed by atoms with Gasteiger partial charge in [0.15, 0.2) is 0 Å². The molecule has 5 heteroatoms. The smallest absolute Gasteiger partial charge is 0.106 e. The van der Waals surface area contributed by atoms with Gasteiger partial charge in [0.25, 0.3) is 0 Å². The van der Waals surface area contributed by atoms with E-state index in [-0.39, 0.29) is 12.4 Å².